The van der Waals surface area contributed by atoms with E-state index in [1.165, 1.54) is 19.2 Å². The van der Waals surface area contributed by atoms with Gasteiger partial charge in [0.15, 0.2) is 5.75 Å². The predicted octanol–water partition coefficient (Wildman–Crippen LogP) is 4.39. The summed E-state index contributed by atoms with van der Waals surface area (Å²) < 4.78 is 31.9. The molecule has 0 radical (unpaired) electrons. The molecule has 0 aliphatic heterocycles. The molecule has 0 aromatic heterocycles. The molecule has 3 rings (SSSR count). The third-order valence-corrected chi connectivity index (χ3v) is 6.17. The third kappa shape index (κ3) is 5.14. The van der Waals surface area contributed by atoms with Crippen molar-refractivity contribution in [2.75, 3.05) is 18.9 Å². The van der Waals surface area contributed by atoms with Crippen LogP contribution in [0.3, 0.4) is 0 Å². The van der Waals surface area contributed by atoms with E-state index in [0.29, 0.717) is 22.2 Å². The smallest absolute Gasteiger partial charge is 0.243 e. The molecule has 8 heteroatoms. The number of hydrogen-bond donors (Lipinski definition) is 1. The Bertz CT molecular complexity index is 1100. The van der Waals surface area contributed by atoms with Crippen molar-refractivity contribution in [2.45, 2.75) is 4.90 Å². The maximum Gasteiger partial charge on any atom is 0.243 e. The van der Waals surface area contributed by atoms with Crippen LogP contribution in [0.5, 0.6) is 11.5 Å². The van der Waals surface area contributed by atoms with Gasteiger partial charge >= 0.3 is 0 Å². The highest BCUT2D eigenvalue weighted by molar-refractivity contribution is 7.89. The number of halogens is 1. The predicted molar refractivity (Wildman–Crippen MR) is 113 cm³/mol. The minimum absolute atomic E-state index is 0.123. The summed E-state index contributed by atoms with van der Waals surface area (Å²) in [6, 6.07) is 21.8. The Morgan fingerprint density at radius 2 is 1.52 bits per heavy atom. The van der Waals surface area contributed by atoms with E-state index in [9.17, 15) is 13.2 Å². The van der Waals surface area contributed by atoms with Crippen LogP contribution in [-0.4, -0.2) is 32.2 Å². The van der Waals surface area contributed by atoms with Crippen molar-refractivity contribution in [1.29, 1.82) is 0 Å². The average molecular weight is 431 g/mol. The molecule has 0 fully saturated rings. The van der Waals surface area contributed by atoms with Gasteiger partial charge < -0.3 is 10.1 Å². The molecule has 150 valence electrons. The van der Waals surface area contributed by atoms with Gasteiger partial charge in [0, 0.05) is 7.05 Å². The van der Waals surface area contributed by atoms with Crippen LogP contribution < -0.4 is 10.1 Å². The number of nitrogens with one attached hydrogen (secondary N) is 1. The van der Waals surface area contributed by atoms with Crippen molar-refractivity contribution >= 4 is 33.2 Å². The van der Waals surface area contributed by atoms with Crippen LogP contribution in [0, 0.1) is 0 Å². The normalized spacial score (nSPS) is 11.3. The Morgan fingerprint density at radius 1 is 0.931 bits per heavy atom. The molecule has 6 nitrogen and oxygen atoms in total. The fraction of sp³-hybridized carbons (Fsp3) is 0.0952. The average Bonchev–Trinajstić information content (AvgIpc) is 2.71. The highest BCUT2D eigenvalue weighted by atomic mass is 35.5. The summed E-state index contributed by atoms with van der Waals surface area (Å²) in [6.45, 7) is -0.350. The van der Waals surface area contributed by atoms with Gasteiger partial charge in [-0.3, -0.25) is 4.79 Å². The molecule has 0 aliphatic rings. The number of carbonyl (C=O) groups excluding carboxylic acids is 1. The summed E-state index contributed by atoms with van der Waals surface area (Å²) in [4.78, 5) is 12.6. The van der Waals surface area contributed by atoms with Crippen molar-refractivity contribution < 1.29 is 17.9 Å². The number of ether oxygens (including phenoxy) is 1. The first-order valence-electron chi connectivity index (χ1n) is 8.70. The Balaban J connectivity index is 1.72. The fourth-order valence-corrected chi connectivity index (χ4v) is 3.88. The summed E-state index contributed by atoms with van der Waals surface area (Å²) in [5.41, 5.74) is 0.405. The Morgan fingerprint density at radius 3 is 2.21 bits per heavy atom. The van der Waals surface area contributed by atoms with E-state index >= 15 is 0 Å². The SMILES string of the molecule is CN(CC(=O)Nc1ccccc1Oc1ccccc1Cl)S(=O)(=O)c1ccccc1. The lowest BCUT2D eigenvalue weighted by Crippen LogP contribution is -2.35. The fourth-order valence-electron chi connectivity index (χ4n) is 2.55. The zero-order valence-corrected chi connectivity index (χ0v) is 17.2. The van der Waals surface area contributed by atoms with Gasteiger partial charge in [0.2, 0.25) is 15.9 Å². The lowest BCUT2D eigenvalue weighted by molar-refractivity contribution is -0.116. The number of anilines is 1. The molecule has 0 saturated carbocycles. The van der Waals surface area contributed by atoms with Gasteiger partial charge in [0.1, 0.15) is 5.75 Å². The van der Waals surface area contributed by atoms with Crippen LogP contribution in [0.4, 0.5) is 5.69 Å². The highest BCUT2D eigenvalue weighted by Crippen LogP contribution is 2.33. The van der Waals surface area contributed by atoms with Gasteiger partial charge in [-0.15, -0.1) is 0 Å². The highest BCUT2D eigenvalue weighted by Gasteiger charge is 2.23. The molecule has 0 atom stereocenters. The summed E-state index contributed by atoms with van der Waals surface area (Å²) in [5.74, 6) is 0.337. The van der Waals surface area contributed by atoms with E-state index < -0.39 is 15.9 Å². The lowest BCUT2D eigenvalue weighted by atomic mass is 10.3. The molecule has 0 aliphatic carbocycles. The van der Waals surface area contributed by atoms with Gasteiger partial charge in [-0.25, -0.2) is 8.42 Å². The number of nitrogens with zero attached hydrogens (tertiary/aromatic N) is 1. The van der Waals surface area contributed by atoms with Crippen molar-refractivity contribution in [3.63, 3.8) is 0 Å². The summed E-state index contributed by atoms with van der Waals surface area (Å²) in [6.07, 6.45) is 0. The second-order valence-electron chi connectivity index (χ2n) is 6.15. The standard InChI is InChI=1S/C21H19ClN2O4S/c1-24(29(26,27)16-9-3-2-4-10-16)15-21(25)23-18-12-6-8-14-20(18)28-19-13-7-5-11-17(19)22/h2-14H,15H2,1H3,(H,23,25). The van der Waals surface area contributed by atoms with Crippen LogP contribution in [0.25, 0.3) is 0 Å². The number of rotatable bonds is 7. The third-order valence-electron chi connectivity index (χ3n) is 4.04. The number of carbonyl (C=O) groups is 1. The van der Waals surface area contributed by atoms with Gasteiger partial charge in [0.25, 0.3) is 0 Å². The molecule has 29 heavy (non-hydrogen) atoms. The van der Waals surface area contributed by atoms with E-state index in [1.54, 1.807) is 66.7 Å². The van der Waals surface area contributed by atoms with Crippen LogP contribution in [0.2, 0.25) is 5.02 Å². The molecule has 0 saturated heterocycles. The maximum absolute atomic E-state index is 12.6. The first-order chi connectivity index (χ1) is 13.9. The van der Waals surface area contributed by atoms with E-state index in [0.717, 1.165) is 4.31 Å². The Kier molecular flexibility index (Phi) is 6.53. The minimum Gasteiger partial charge on any atom is -0.454 e. The Hall–Kier alpha value is -2.87. The number of hydrogen-bond acceptors (Lipinski definition) is 4. The molecule has 3 aromatic rings. The van der Waals surface area contributed by atoms with Crippen molar-refractivity contribution in [3.8, 4) is 11.5 Å². The second kappa shape index (κ2) is 9.09. The number of para-hydroxylation sites is 3. The molecule has 0 unspecified atom stereocenters. The van der Waals surface area contributed by atoms with E-state index in [4.69, 9.17) is 16.3 Å². The minimum atomic E-state index is -3.77. The van der Waals surface area contributed by atoms with E-state index in [2.05, 4.69) is 5.32 Å². The zero-order valence-electron chi connectivity index (χ0n) is 15.6. The van der Waals surface area contributed by atoms with Crippen molar-refractivity contribution in [1.82, 2.24) is 4.31 Å². The lowest BCUT2D eigenvalue weighted by Gasteiger charge is -2.18. The number of benzene rings is 3. The summed E-state index contributed by atoms with van der Waals surface area (Å²) >= 11 is 6.12. The van der Waals surface area contributed by atoms with Crippen molar-refractivity contribution in [2.24, 2.45) is 0 Å². The Labute approximate surface area is 174 Å². The molecule has 0 heterocycles. The topological polar surface area (TPSA) is 75.7 Å². The van der Waals surface area contributed by atoms with Crippen molar-refractivity contribution in [3.05, 3.63) is 83.9 Å². The molecule has 1 N–H and O–H groups in total. The van der Waals surface area contributed by atoms with Crippen LogP contribution >= 0.6 is 11.6 Å². The number of sulfonamides is 1. The number of likely N-dealkylation sites (N-methyl/N-ethyl adjacent to an activating group) is 1. The molecule has 0 bridgehead atoms. The summed E-state index contributed by atoms with van der Waals surface area (Å²) in [5, 5.41) is 3.12. The second-order valence-corrected chi connectivity index (χ2v) is 8.60. The van der Waals surface area contributed by atoms with E-state index in [-0.39, 0.29) is 11.4 Å². The first-order valence-corrected chi connectivity index (χ1v) is 10.5. The van der Waals surface area contributed by atoms with E-state index in [1.807, 2.05) is 0 Å². The molecular formula is C21H19ClN2O4S. The van der Waals surface area contributed by atoms with Crippen LogP contribution in [0.15, 0.2) is 83.8 Å². The molecule has 0 spiro atoms. The van der Waals surface area contributed by atoms with Gasteiger partial charge in [0.05, 0.1) is 22.2 Å². The molecular weight excluding hydrogens is 412 g/mol. The monoisotopic (exact) mass is 430 g/mol. The summed E-state index contributed by atoms with van der Waals surface area (Å²) in [7, 11) is -2.41. The zero-order chi connectivity index (χ0) is 20.9. The van der Waals surface area contributed by atoms with Crippen LogP contribution in [0.1, 0.15) is 0 Å². The molecule has 1 amide bonds. The van der Waals surface area contributed by atoms with Gasteiger partial charge in [-0.2, -0.15) is 4.31 Å². The van der Waals surface area contributed by atoms with Gasteiger partial charge in [-0.1, -0.05) is 54.1 Å². The largest absolute Gasteiger partial charge is 0.454 e. The molecule has 3 aromatic carbocycles. The quantitative estimate of drug-likeness (QED) is 0.603. The number of amides is 1. The van der Waals surface area contributed by atoms with Gasteiger partial charge in [-0.05, 0) is 36.4 Å². The van der Waals surface area contributed by atoms with Crippen LogP contribution in [-0.2, 0) is 14.8 Å². The first kappa shape index (κ1) is 20.9. The maximum atomic E-state index is 12.6.